The summed E-state index contributed by atoms with van der Waals surface area (Å²) in [4.78, 5) is 11.4. The van der Waals surface area contributed by atoms with Gasteiger partial charge in [-0.05, 0) is 20.8 Å². The second-order valence-electron chi connectivity index (χ2n) is 4.83. The van der Waals surface area contributed by atoms with Gasteiger partial charge in [-0.1, -0.05) is 0 Å². The Labute approximate surface area is 89.6 Å². The fraction of sp³-hybridized carbons (Fsp3) is 0.900. The van der Waals surface area contributed by atoms with E-state index in [0.29, 0.717) is 19.5 Å². The lowest BCUT2D eigenvalue weighted by atomic mass is 10.1. The van der Waals surface area contributed by atoms with Crippen molar-refractivity contribution in [1.29, 1.82) is 0 Å². The molecule has 2 atom stereocenters. The number of halogens is 1. The summed E-state index contributed by atoms with van der Waals surface area (Å²) in [7, 11) is 0. The van der Waals surface area contributed by atoms with Crippen LogP contribution >= 0.6 is 0 Å². The average molecular weight is 218 g/mol. The lowest BCUT2D eigenvalue weighted by Crippen LogP contribution is -2.50. The van der Waals surface area contributed by atoms with Crippen LogP contribution in [0.25, 0.3) is 0 Å². The molecule has 1 aliphatic rings. The van der Waals surface area contributed by atoms with Gasteiger partial charge < -0.3 is 15.4 Å². The molecule has 1 unspecified atom stereocenters. The van der Waals surface area contributed by atoms with Crippen molar-refractivity contribution in [3.63, 3.8) is 0 Å². The van der Waals surface area contributed by atoms with E-state index >= 15 is 0 Å². The molecule has 0 aromatic heterocycles. The summed E-state index contributed by atoms with van der Waals surface area (Å²) in [6.45, 7) is 6.35. The molecule has 2 N–H and O–H groups in total. The topological polar surface area (TPSA) is 50.4 Å². The highest BCUT2D eigenvalue weighted by molar-refractivity contribution is 5.68. The third-order valence-corrected chi connectivity index (χ3v) is 2.02. The van der Waals surface area contributed by atoms with Gasteiger partial charge in [-0.3, -0.25) is 0 Å². The first-order chi connectivity index (χ1) is 6.87. The smallest absolute Gasteiger partial charge is 0.407 e. The summed E-state index contributed by atoms with van der Waals surface area (Å²) >= 11 is 0. The number of ether oxygens (including phenoxy) is 1. The molecular weight excluding hydrogens is 199 g/mol. The average Bonchev–Trinajstić information content (AvgIpc) is 1.99. The van der Waals surface area contributed by atoms with Gasteiger partial charge >= 0.3 is 6.09 Å². The van der Waals surface area contributed by atoms with Gasteiger partial charge in [-0.2, -0.15) is 0 Å². The van der Waals surface area contributed by atoms with E-state index in [4.69, 9.17) is 4.74 Å². The molecule has 1 fully saturated rings. The number of piperidine rings is 1. The number of nitrogens with one attached hydrogen (secondary N) is 2. The van der Waals surface area contributed by atoms with E-state index in [-0.39, 0.29) is 6.04 Å². The maximum atomic E-state index is 13.0. The highest BCUT2D eigenvalue weighted by atomic mass is 19.1. The maximum Gasteiger partial charge on any atom is 0.407 e. The second-order valence-corrected chi connectivity index (χ2v) is 4.83. The van der Waals surface area contributed by atoms with Crippen molar-refractivity contribution in [2.75, 3.05) is 13.1 Å². The van der Waals surface area contributed by atoms with E-state index in [9.17, 15) is 9.18 Å². The van der Waals surface area contributed by atoms with E-state index < -0.39 is 17.9 Å². The zero-order valence-electron chi connectivity index (χ0n) is 9.47. The molecule has 0 radical (unpaired) electrons. The zero-order chi connectivity index (χ0) is 11.5. The predicted octanol–water partition coefficient (Wildman–Crippen LogP) is 1.21. The van der Waals surface area contributed by atoms with Crippen molar-refractivity contribution in [2.24, 2.45) is 0 Å². The molecule has 15 heavy (non-hydrogen) atoms. The fourth-order valence-corrected chi connectivity index (χ4v) is 1.47. The largest absolute Gasteiger partial charge is 0.444 e. The third-order valence-electron chi connectivity index (χ3n) is 2.02. The van der Waals surface area contributed by atoms with Gasteiger partial charge in [0.05, 0.1) is 0 Å². The Morgan fingerprint density at radius 3 is 2.67 bits per heavy atom. The Morgan fingerprint density at radius 2 is 2.13 bits per heavy atom. The van der Waals surface area contributed by atoms with Crippen LogP contribution in [0.1, 0.15) is 27.2 Å². The van der Waals surface area contributed by atoms with Gasteiger partial charge in [0.15, 0.2) is 0 Å². The minimum atomic E-state index is -0.890. The number of hydrogen-bond donors (Lipinski definition) is 2. The van der Waals surface area contributed by atoms with E-state index in [0.717, 1.165) is 0 Å². The van der Waals surface area contributed by atoms with Crippen LogP contribution in [0.3, 0.4) is 0 Å². The van der Waals surface area contributed by atoms with Crippen LogP contribution in [-0.2, 0) is 4.74 Å². The molecule has 0 aromatic carbocycles. The molecule has 0 saturated carbocycles. The second kappa shape index (κ2) is 4.79. The molecule has 1 amide bonds. The predicted molar refractivity (Wildman–Crippen MR) is 55.5 cm³/mol. The molecule has 0 aromatic rings. The molecular formula is C10H19FN2O2. The Morgan fingerprint density at radius 1 is 1.47 bits per heavy atom. The van der Waals surface area contributed by atoms with Crippen molar-refractivity contribution in [1.82, 2.24) is 10.6 Å². The van der Waals surface area contributed by atoms with E-state index in [1.807, 2.05) is 0 Å². The Hall–Kier alpha value is -0.840. The Bertz CT molecular complexity index is 228. The molecule has 5 heteroatoms. The van der Waals surface area contributed by atoms with Gasteiger partial charge in [-0.25, -0.2) is 9.18 Å². The van der Waals surface area contributed by atoms with Gasteiger partial charge in [0.1, 0.15) is 11.8 Å². The molecule has 1 saturated heterocycles. The van der Waals surface area contributed by atoms with E-state index in [2.05, 4.69) is 10.6 Å². The minimum absolute atomic E-state index is 0.177. The Kier molecular flexibility index (Phi) is 3.90. The summed E-state index contributed by atoms with van der Waals surface area (Å²) in [5, 5.41) is 5.55. The highest BCUT2D eigenvalue weighted by Crippen LogP contribution is 2.09. The van der Waals surface area contributed by atoms with Crippen LogP contribution in [0, 0.1) is 0 Å². The lowest BCUT2D eigenvalue weighted by molar-refractivity contribution is 0.0486. The van der Waals surface area contributed by atoms with Crippen molar-refractivity contribution in [3.8, 4) is 0 Å². The SMILES string of the molecule is CC(C)(C)OC(=O)N[C@@H]1CNCC(F)C1. The van der Waals surface area contributed by atoms with Crippen LogP contribution in [-0.4, -0.2) is 37.0 Å². The number of carbonyl (C=O) groups is 1. The van der Waals surface area contributed by atoms with Crippen LogP contribution in [0.15, 0.2) is 0 Å². The maximum absolute atomic E-state index is 13.0. The van der Waals surface area contributed by atoms with Gasteiger partial charge in [-0.15, -0.1) is 0 Å². The molecule has 0 bridgehead atoms. The molecule has 88 valence electrons. The number of carbonyl (C=O) groups excluding carboxylic acids is 1. The third kappa shape index (κ3) is 4.97. The molecule has 1 heterocycles. The number of rotatable bonds is 1. The van der Waals surface area contributed by atoms with Gasteiger partial charge in [0.25, 0.3) is 0 Å². The number of hydrogen-bond acceptors (Lipinski definition) is 3. The Balaban J connectivity index is 2.31. The van der Waals surface area contributed by atoms with Crippen LogP contribution in [0.2, 0.25) is 0 Å². The molecule has 0 aliphatic carbocycles. The van der Waals surface area contributed by atoms with Crippen molar-refractivity contribution >= 4 is 6.09 Å². The quantitative estimate of drug-likeness (QED) is 0.695. The number of alkyl carbamates (subject to hydrolysis) is 1. The first-order valence-electron chi connectivity index (χ1n) is 5.21. The number of amides is 1. The van der Waals surface area contributed by atoms with Crippen molar-refractivity contribution in [2.45, 2.75) is 45.0 Å². The van der Waals surface area contributed by atoms with E-state index in [1.54, 1.807) is 20.8 Å². The van der Waals surface area contributed by atoms with Crippen LogP contribution in [0.5, 0.6) is 0 Å². The summed E-state index contributed by atoms with van der Waals surface area (Å²) in [6, 6.07) is -0.177. The van der Waals surface area contributed by atoms with E-state index in [1.165, 1.54) is 0 Å². The normalized spacial score (nSPS) is 27.2. The molecule has 0 spiro atoms. The number of alkyl halides is 1. The lowest BCUT2D eigenvalue weighted by Gasteiger charge is -2.28. The summed E-state index contributed by atoms with van der Waals surface area (Å²) in [5.74, 6) is 0. The van der Waals surface area contributed by atoms with Crippen LogP contribution < -0.4 is 10.6 Å². The first kappa shape index (κ1) is 12.2. The summed E-state index contributed by atoms with van der Waals surface area (Å²) in [5.41, 5.74) is -0.513. The first-order valence-corrected chi connectivity index (χ1v) is 5.21. The highest BCUT2D eigenvalue weighted by Gasteiger charge is 2.24. The zero-order valence-corrected chi connectivity index (χ0v) is 9.47. The summed E-state index contributed by atoms with van der Waals surface area (Å²) in [6.07, 6.45) is -1.02. The molecule has 1 rings (SSSR count). The summed E-state index contributed by atoms with van der Waals surface area (Å²) < 4.78 is 18.0. The fourth-order valence-electron chi connectivity index (χ4n) is 1.47. The minimum Gasteiger partial charge on any atom is -0.444 e. The van der Waals surface area contributed by atoms with Gasteiger partial charge in [0.2, 0.25) is 0 Å². The van der Waals surface area contributed by atoms with Crippen molar-refractivity contribution in [3.05, 3.63) is 0 Å². The van der Waals surface area contributed by atoms with Crippen molar-refractivity contribution < 1.29 is 13.9 Å². The monoisotopic (exact) mass is 218 g/mol. The van der Waals surface area contributed by atoms with Gasteiger partial charge in [0, 0.05) is 25.6 Å². The molecule has 1 aliphatic heterocycles. The van der Waals surface area contributed by atoms with Crippen LogP contribution in [0.4, 0.5) is 9.18 Å². The standard InChI is InChI=1S/C10H19FN2O2/c1-10(2,3)15-9(14)13-8-4-7(11)5-12-6-8/h7-8,12H,4-6H2,1-3H3,(H,13,14)/t7?,8-/m0/s1. The molecule has 4 nitrogen and oxygen atoms in total.